The van der Waals surface area contributed by atoms with E-state index in [0.717, 1.165) is 54.9 Å². The number of ether oxygens (including phenoxy) is 1. The number of carbonyl (C=O) groups is 1. The minimum Gasteiger partial charge on any atom is -0.370 e. The van der Waals surface area contributed by atoms with Crippen molar-refractivity contribution in [3.05, 3.63) is 70.5 Å². The number of aromatic nitrogens is 5. The van der Waals surface area contributed by atoms with Crippen molar-refractivity contribution in [2.45, 2.75) is 37.8 Å². The Balaban J connectivity index is 1.11. The van der Waals surface area contributed by atoms with E-state index in [2.05, 4.69) is 31.3 Å². The lowest BCUT2D eigenvalue weighted by Gasteiger charge is -2.46. The summed E-state index contributed by atoms with van der Waals surface area (Å²) < 4.78 is 7.77. The second kappa shape index (κ2) is 8.83. The van der Waals surface area contributed by atoms with Crippen LogP contribution in [0.15, 0.2) is 36.7 Å². The number of hydrogen-bond acceptors (Lipinski definition) is 7. The number of fused-ring (bicyclic) bond motifs is 2. The maximum absolute atomic E-state index is 13.5. The monoisotopic (exact) mass is 470 g/mol. The molecular weight excluding hydrogens is 444 g/mol. The summed E-state index contributed by atoms with van der Waals surface area (Å²) in [5.74, 6) is 0.712. The van der Waals surface area contributed by atoms with Crippen LogP contribution in [0, 0.1) is 13.5 Å². The number of carbonyl (C=O) groups excluding carboxylic acids is 1. The van der Waals surface area contributed by atoms with Crippen LogP contribution >= 0.6 is 0 Å². The topological polar surface area (TPSA) is 93.6 Å². The van der Waals surface area contributed by atoms with E-state index < -0.39 is 0 Å². The van der Waals surface area contributed by atoms with Crippen molar-refractivity contribution in [1.29, 1.82) is 0 Å². The average molecular weight is 471 g/mol. The van der Waals surface area contributed by atoms with Gasteiger partial charge in [-0.05, 0) is 52.9 Å². The van der Waals surface area contributed by atoms with E-state index in [9.17, 15) is 4.79 Å². The Morgan fingerprint density at radius 1 is 1.20 bits per heavy atom. The van der Waals surface area contributed by atoms with Gasteiger partial charge in [-0.2, -0.15) is 4.68 Å². The molecular formula is C25H26N8O2. The van der Waals surface area contributed by atoms with E-state index in [0.29, 0.717) is 24.7 Å². The highest BCUT2D eigenvalue weighted by molar-refractivity contribution is 5.85. The molecule has 10 nitrogen and oxygen atoms in total. The number of nitrogens with zero attached hydrogens (tertiary/aromatic N) is 8. The van der Waals surface area contributed by atoms with Crippen molar-refractivity contribution in [2.75, 3.05) is 32.8 Å². The van der Waals surface area contributed by atoms with Crippen LogP contribution in [-0.2, 0) is 16.0 Å². The first-order valence-electron chi connectivity index (χ1n) is 12.0. The predicted octanol–water partition coefficient (Wildman–Crippen LogP) is 2.23. The first-order chi connectivity index (χ1) is 17.1. The van der Waals surface area contributed by atoms with Gasteiger partial charge in [0.1, 0.15) is 6.33 Å². The number of tetrazole rings is 1. The standard InChI is InChI=1S/C25H26N8O2/c1-16-11-17(3-6-21(16)26-2)23-13-31-9-10-32(12-18(31)14-35-23)25(34)20-4-7-22-19(20)5-8-24(28-22)33-15-27-29-30-33/h3,5-6,8,11,15,18,20,23H,4,7,9-10,12-14H2,1H3/t18-,20?,23+/m0/s1. The second-order valence-corrected chi connectivity index (χ2v) is 9.46. The van der Waals surface area contributed by atoms with Crippen LogP contribution in [0.3, 0.4) is 0 Å². The van der Waals surface area contributed by atoms with Crippen molar-refractivity contribution in [2.24, 2.45) is 0 Å². The zero-order valence-corrected chi connectivity index (χ0v) is 19.5. The van der Waals surface area contributed by atoms with Crippen LogP contribution < -0.4 is 0 Å². The zero-order valence-electron chi connectivity index (χ0n) is 19.5. The van der Waals surface area contributed by atoms with Gasteiger partial charge in [-0.15, -0.1) is 5.10 Å². The van der Waals surface area contributed by atoms with Crippen molar-refractivity contribution in [3.8, 4) is 5.82 Å². The molecule has 2 aliphatic heterocycles. The third-order valence-electron chi connectivity index (χ3n) is 7.44. The van der Waals surface area contributed by atoms with Crippen LogP contribution in [0.4, 0.5) is 5.69 Å². The van der Waals surface area contributed by atoms with E-state index >= 15 is 0 Å². The summed E-state index contributed by atoms with van der Waals surface area (Å²) in [6, 6.07) is 10.0. The van der Waals surface area contributed by atoms with Crippen LogP contribution in [0.5, 0.6) is 0 Å². The van der Waals surface area contributed by atoms with Crippen LogP contribution in [0.2, 0.25) is 0 Å². The molecule has 0 bridgehead atoms. The molecule has 1 aliphatic carbocycles. The summed E-state index contributed by atoms with van der Waals surface area (Å²) in [7, 11) is 0. The summed E-state index contributed by atoms with van der Waals surface area (Å²) >= 11 is 0. The van der Waals surface area contributed by atoms with Gasteiger partial charge in [0.2, 0.25) is 5.91 Å². The molecule has 2 fully saturated rings. The van der Waals surface area contributed by atoms with E-state index in [1.54, 1.807) is 0 Å². The summed E-state index contributed by atoms with van der Waals surface area (Å²) in [5.41, 5.74) is 4.76. The second-order valence-electron chi connectivity index (χ2n) is 9.46. The Kier molecular flexibility index (Phi) is 5.51. The zero-order chi connectivity index (χ0) is 23.9. The largest absolute Gasteiger partial charge is 0.370 e. The number of hydrogen-bond donors (Lipinski definition) is 0. The number of morpholine rings is 1. The van der Waals surface area contributed by atoms with Gasteiger partial charge >= 0.3 is 0 Å². The summed E-state index contributed by atoms with van der Waals surface area (Å²) in [4.78, 5) is 26.2. The molecule has 3 aromatic rings. The summed E-state index contributed by atoms with van der Waals surface area (Å²) in [6.45, 7) is 12.9. The van der Waals surface area contributed by atoms with Crippen molar-refractivity contribution >= 4 is 11.6 Å². The molecule has 0 spiro atoms. The molecule has 3 atom stereocenters. The maximum Gasteiger partial charge on any atom is 0.230 e. The highest BCUT2D eigenvalue weighted by atomic mass is 16.5. The Labute approximate surface area is 203 Å². The van der Waals surface area contributed by atoms with Crippen LogP contribution in [0.25, 0.3) is 10.7 Å². The van der Waals surface area contributed by atoms with Gasteiger partial charge in [-0.25, -0.2) is 9.83 Å². The third kappa shape index (κ3) is 3.96. The van der Waals surface area contributed by atoms with E-state index in [4.69, 9.17) is 16.3 Å². The number of piperazine rings is 1. The van der Waals surface area contributed by atoms with E-state index in [1.165, 1.54) is 11.0 Å². The normalized spacial score (nSPS) is 24.0. The molecule has 178 valence electrons. The lowest BCUT2D eigenvalue weighted by molar-refractivity contribution is -0.141. The molecule has 0 N–H and O–H groups in total. The van der Waals surface area contributed by atoms with Crippen molar-refractivity contribution in [3.63, 3.8) is 0 Å². The number of amides is 1. The number of benzene rings is 1. The highest BCUT2D eigenvalue weighted by Gasteiger charge is 2.39. The molecule has 0 saturated carbocycles. The average Bonchev–Trinajstić information content (AvgIpc) is 3.57. The SMILES string of the molecule is [C-]#[N+]c1ccc([C@H]2CN3CCN(C(=O)C4CCc5nc(-n6cnnn6)ccc54)C[C@H]3CO2)cc1C. The Morgan fingerprint density at radius 2 is 2.11 bits per heavy atom. The maximum atomic E-state index is 13.5. The molecule has 6 rings (SSSR count). The van der Waals surface area contributed by atoms with Gasteiger partial charge in [0, 0.05) is 31.9 Å². The quantitative estimate of drug-likeness (QED) is 0.542. The van der Waals surface area contributed by atoms with Crippen LogP contribution in [0.1, 0.15) is 40.8 Å². The fourth-order valence-corrected chi connectivity index (χ4v) is 5.52. The Bertz CT molecular complexity index is 1300. The van der Waals surface area contributed by atoms with E-state index in [-0.39, 0.29) is 24.0 Å². The van der Waals surface area contributed by atoms with Crippen molar-refractivity contribution in [1.82, 2.24) is 35.0 Å². The molecule has 4 heterocycles. The number of aryl methyl sites for hydroxylation is 2. The minimum atomic E-state index is -0.145. The molecule has 1 amide bonds. The highest BCUT2D eigenvalue weighted by Crippen LogP contribution is 2.35. The van der Waals surface area contributed by atoms with Gasteiger partial charge in [0.05, 0.1) is 31.2 Å². The number of pyridine rings is 1. The Morgan fingerprint density at radius 3 is 2.91 bits per heavy atom. The molecule has 35 heavy (non-hydrogen) atoms. The van der Waals surface area contributed by atoms with E-state index in [1.807, 2.05) is 36.1 Å². The van der Waals surface area contributed by atoms with Gasteiger partial charge in [-0.1, -0.05) is 24.3 Å². The molecule has 1 aromatic carbocycles. The first kappa shape index (κ1) is 21.8. The fraction of sp³-hybridized carbons (Fsp3) is 0.440. The third-order valence-corrected chi connectivity index (χ3v) is 7.44. The fourth-order valence-electron chi connectivity index (χ4n) is 5.52. The van der Waals surface area contributed by atoms with Gasteiger partial charge in [-0.3, -0.25) is 9.69 Å². The van der Waals surface area contributed by atoms with Gasteiger partial charge in [0.15, 0.2) is 11.5 Å². The molecule has 2 aromatic heterocycles. The summed E-state index contributed by atoms with van der Waals surface area (Å²) in [6.07, 6.45) is 3.08. The molecule has 3 aliphatic rings. The number of rotatable bonds is 3. The van der Waals surface area contributed by atoms with Gasteiger partial charge < -0.3 is 9.64 Å². The molecule has 10 heteroatoms. The molecule has 2 saturated heterocycles. The van der Waals surface area contributed by atoms with Crippen LogP contribution in [-0.4, -0.2) is 79.7 Å². The minimum absolute atomic E-state index is 0.00542. The summed E-state index contributed by atoms with van der Waals surface area (Å²) in [5, 5.41) is 11.2. The smallest absolute Gasteiger partial charge is 0.230 e. The Hall–Kier alpha value is -3.68. The predicted molar refractivity (Wildman–Crippen MR) is 126 cm³/mol. The lowest BCUT2D eigenvalue weighted by atomic mass is 9.98. The molecule has 1 unspecified atom stereocenters. The molecule has 0 radical (unpaired) electrons. The van der Waals surface area contributed by atoms with Gasteiger partial charge in [0.25, 0.3) is 0 Å². The lowest BCUT2D eigenvalue weighted by Crippen LogP contribution is -2.60. The first-order valence-corrected chi connectivity index (χ1v) is 12.0. The van der Waals surface area contributed by atoms with Crippen molar-refractivity contribution < 1.29 is 9.53 Å².